The van der Waals surface area contributed by atoms with Gasteiger partial charge in [-0.25, -0.2) is 8.42 Å². The molecule has 0 aliphatic heterocycles. The summed E-state index contributed by atoms with van der Waals surface area (Å²) in [6, 6.07) is 0.504. The summed E-state index contributed by atoms with van der Waals surface area (Å²) in [6.45, 7) is 7.12. The van der Waals surface area contributed by atoms with Crippen LogP contribution in [-0.2, 0) is 9.84 Å². The minimum absolute atomic E-state index is 0.343. The van der Waals surface area contributed by atoms with Gasteiger partial charge in [-0.3, -0.25) is 0 Å². The lowest BCUT2D eigenvalue weighted by Crippen LogP contribution is -2.25. The van der Waals surface area contributed by atoms with E-state index in [0.717, 1.165) is 32.2 Å². The molecule has 92 valence electrons. The molecular weight excluding hydrogens is 210 g/mol. The maximum atomic E-state index is 11.4. The van der Waals surface area contributed by atoms with E-state index in [1.165, 1.54) is 0 Å². The van der Waals surface area contributed by atoms with E-state index in [1.807, 2.05) is 6.92 Å². The Balaban J connectivity index is 3.54. The molecule has 0 aromatic heterocycles. The molecule has 0 heterocycles. The summed E-state index contributed by atoms with van der Waals surface area (Å²) in [4.78, 5) is 0. The Kier molecular flexibility index (Phi) is 8.06. The molecule has 0 spiro atoms. The van der Waals surface area contributed by atoms with E-state index in [9.17, 15) is 8.42 Å². The predicted molar refractivity (Wildman–Crippen MR) is 65.9 cm³/mol. The molecule has 0 aromatic rings. The highest BCUT2D eigenvalue weighted by molar-refractivity contribution is 7.91. The Bertz CT molecular complexity index is 237. The highest BCUT2D eigenvalue weighted by atomic mass is 32.2. The summed E-state index contributed by atoms with van der Waals surface area (Å²) < 4.78 is 22.8. The molecule has 3 nitrogen and oxygen atoms in total. The Morgan fingerprint density at radius 2 is 1.80 bits per heavy atom. The SMILES string of the molecule is CCCS(=O)(=O)CCCCC(C)NCC. The summed E-state index contributed by atoms with van der Waals surface area (Å²) in [5.74, 6) is 0.704. The first kappa shape index (κ1) is 14.9. The molecule has 0 saturated carbocycles. The highest BCUT2D eigenvalue weighted by Gasteiger charge is 2.08. The lowest BCUT2D eigenvalue weighted by Gasteiger charge is -2.11. The Morgan fingerprint density at radius 3 is 2.33 bits per heavy atom. The largest absolute Gasteiger partial charge is 0.315 e. The average molecular weight is 235 g/mol. The second kappa shape index (κ2) is 8.11. The molecule has 0 amide bonds. The molecule has 0 fully saturated rings. The predicted octanol–water partition coefficient (Wildman–Crippen LogP) is 1.98. The topological polar surface area (TPSA) is 46.2 Å². The van der Waals surface area contributed by atoms with Crippen molar-refractivity contribution in [2.45, 2.75) is 52.5 Å². The summed E-state index contributed by atoms with van der Waals surface area (Å²) in [6.07, 6.45) is 3.60. The van der Waals surface area contributed by atoms with Gasteiger partial charge in [-0.2, -0.15) is 0 Å². The van der Waals surface area contributed by atoms with Gasteiger partial charge in [0.15, 0.2) is 0 Å². The van der Waals surface area contributed by atoms with Crippen molar-refractivity contribution in [3.05, 3.63) is 0 Å². The number of hydrogen-bond acceptors (Lipinski definition) is 3. The first-order valence-electron chi connectivity index (χ1n) is 5.95. The van der Waals surface area contributed by atoms with Gasteiger partial charge in [0, 0.05) is 11.8 Å². The fourth-order valence-electron chi connectivity index (χ4n) is 1.64. The molecule has 1 atom stereocenters. The van der Waals surface area contributed by atoms with Crippen LogP contribution in [0, 0.1) is 0 Å². The van der Waals surface area contributed by atoms with Crippen LogP contribution in [0.5, 0.6) is 0 Å². The van der Waals surface area contributed by atoms with E-state index in [4.69, 9.17) is 0 Å². The van der Waals surface area contributed by atoms with Gasteiger partial charge in [-0.1, -0.05) is 20.3 Å². The maximum Gasteiger partial charge on any atom is 0.150 e. The molecule has 1 N–H and O–H groups in total. The third kappa shape index (κ3) is 8.88. The quantitative estimate of drug-likeness (QED) is 0.622. The lowest BCUT2D eigenvalue weighted by atomic mass is 10.1. The standard InChI is InChI=1S/C11H25NO2S/c1-4-9-15(13,14)10-7-6-8-11(3)12-5-2/h11-12H,4-10H2,1-3H3. The van der Waals surface area contributed by atoms with Crippen molar-refractivity contribution in [2.24, 2.45) is 0 Å². The number of sulfone groups is 1. The van der Waals surface area contributed by atoms with Gasteiger partial charge in [0.1, 0.15) is 9.84 Å². The van der Waals surface area contributed by atoms with Crippen molar-refractivity contribution < 1.29 is 8.42 Å². The average Bonchev–Trinajstić information content (AvgIpc) is 2.13. The van der Waals surface area contributed by atoms with Crippen LogP contribution < -0.4 is 5.32 Å². The Morgan fingerprint density at radius 1 is 1.13 bits per heavy atom. The zero-order valence-corrected chi connectivity index (χ0v) is 11.1. The van der Waals surface area contributed by atoms with E-state index >= 15 is 0 Å². The summed E-state index contributed by atoms with van der Waals surface area (Å²) >= 11 is 0. The molecule has 0 rings (SSSR count). The van der Waals surface area contributed by atoms with Crippen LogP contribution in [-0.4, -0.2) is 32.5 Å². The number of hydrogen-bond donors (Lipinski definition) is 1. The number of rotatable bonds is 9. The molecule has 4 heteroatoms. The van der Waals surface area contributed by atoms with Crippen molar-refractivity contribution in [1.82, 2.24) is 5.32 Å². The molecule has 0 aliphatic carbocycles. The number of nitrogens with one attached hydrogen (secondary N) is 1. The van der Waals surface area contributed by atoms with Crippen LogP contribution in [0.1, 0.15) is 46.5 Å². The Hall–Kier alpha value is -0.0900. The molecular formula is C11H25NO2S. The summed E-state index contributed by atoms with van der Waals surface area (Å²) in [7, 11) is -2.76. The monoisotopic (exact) mass is 235 g/mol. The third-order valence-electron chi connectivity index (χ3n) is 2.41. The molecule has 1 unspecified atom stereocenters. The molecule has 0 aliphatic rings. The van der Waals surface area contributed by atoms with Crippen LogP contribution in [0.25, 0.3) is 0 Å². The van der Waals surface area contributed by atoms with Gasteiger partial charge >= 0.3 is 0 Å². The van der Waals surface area contributed by atoms with Crippen LogP contribution in [0.4, 0.5) is 0 Å². The van der Waals surface area contributed by atoms with E-state index in [1.54, 1.807) is 0 Å². The highest BCUT2D eigenvalue weighted by Crippen LogP contribution is 2.04. The van der Waals surface area contributed by atoms with Crippen LogP contribution in [0.3, 0.4) is 0 Å². The summed E-state index contributed by atoms with van der Waals surface area (Å²) in [5.41, 5.74) is 0. The van der Waals surface area contributed by atoms with Crippen LogP contribution >= 0.6 is 0 Å². The Labute approximate surface area is 94.6 Å². The molecule has 0 radical (unpaired) electrons. The van der Waals surface area contributed by atoms with E-state index in [-0.39, 0.29) is 0 Å². The zero-order chi connectivity index (χ0) is 11.7. The first-order chi connectivity index (χ1) is 7.02. The minimum atomic E-state index is -2.76. The lowest BCUT2D eigenvalue weighted by molar-refractivity contribution is 0.507. The van der Waals surface area contributed by atoms with Crippen molar-refractivity contribution in [2.75, 3.05) is 18.1 Å². The third-order valence-corrected chi connectivity index (χ3v) is 4.35. The smallest absolute Gasteiger partial charge is 0.150 e. The summed E-state index contributed by atoms with van der Waals surface area (Å²) in [5, 5.41) is 3.32. The van der Waals surface area contributed by atoms with Crippen molar-refractivity contribution in [3.63, 3.8) is 0 Å². The normalized spacial score (nSPS) is 14.1. The van der Waals surface area contributed by atoms with Gasteiger partial charge in [-0.15, -0.1) is 0 Å². The zero-order valence-electron chi connectivity index (χ0n) is 10.3. The van der Waals surface area contributed by atoms with Gasteiger partial charge in [0.05, 0.1) is 5.75 Å². The van der Waals surface area contributed by atoms with Crippen molar-refractivity contribution in [3.8, 4) is 0 Å². The van der Waals surface area contributed by atoms with Crippen LogP contribution in [0.15, 0.2) is 0 Å². The number of unbranched alkanes of at least 4 members (excludes halogenated alkanes) is 1. The minimum Gasteiger partial charge on any atom is -0.315 e. The van der Waals surface area contributed by atoms with Gasteiger partial charge in [0.2, 0.25) is 0 Å². The van der Waals surface area contributed by atoms with Crippen molar-refractivity contribution in [1.29, 1.82) is 0 Å². The molecule has 0 aromatic carbocycles. The molecule has 15 heavy (non-hydrogen) atoms. The second-order valence-corrected chi connectivity index (χ2v) is 6.41. The second-order valence-electron chi connectivity index (χ2n) is 4.11. The van der Waals surface area contributed by atoms with Gasteiger partial charge < -0.3 is 5.32 Å². The van der Waals surface area contributed by atoms with E-state index in [0.29, 0.717) is 17.5 Å². The molecule has 0 saturated heterocycles. The van der Waals surface area contributed by atoms with Crippen molar-refractivity contribution >= 4 is 9.84 Å². The van der Waals surface area contributed by atoms with E-state index in [2.05, 4.69) is 19.2 Å². The maximum absolute atomic E-state index is 11.4. The van der Waals surface area contributed by atoms with Gasteiger partial charge in [-0.05, 0) is 32.7 Å². The van der Waals surface area contributed by atoms with Gasteiger partial charge in [0.25, 0.3) is 0 Å². The first-order valence-corrected chi connectivity index (χ1v) is 7.77. The fourth-order valence-corrected chi connectivity index (χ4v) is 3.11. The molecule has 0 bridgehead atoms. The van der Waals surface area contributed by atoms with Crippen LogP contribution in [0.2, 0.25) is 0 Å². The fraction of sp³-hybridized carbons (Fsp3) is 1.00. The van der Waals surface area contributed by atoms with E-state index < -0.39 is 9.84 Å².